The summed E-state index contributed by atoms with van der Waals surface area (Å²) in [7, 11) is 0. The standard InChI is InChI=1S/C25H36N6O2.C2H6/c1-7-11-31(12-8-2)23-14-20(28-24(29-23)33-16-25(5,6)32)15-26-30-19-9-10-22-21(13-19)17(3)18(4)27-22;1-2/h9-10,13-15,27,30,32H,7-8,11-12,16H2,1-6H3;1-2H3/b26-15+;. The summed E-state index contributed by atoms with van der Waals surface area (Å²) in [6.45, 7) is 17.7. The van der Waals surface area contributed by atoms with Gasteiger partial charge in [0.15, 0.2) is 0 Å². The third kappa shape index (κ3) is 8.24. The minimum absolute atomic E-state index is 0.0995. The molecule has 3 N–H and O–H groups in total. The first-order valence-corrected chi connectivity index (χ1v) is 12.6. The van der Waals surface area contributed by atoms with Crippen LogP contribution in [0.4, 0.5) is 11.5 Å². The lowest BCUT2D eigenvalue weighted by Crippen LogP contribution is -2.29. The molecular formula is C27H42N6O2. The quantitative estimate of drug-likeness (QED) is 0.235. The first-order chi connectivity index (χ1) is 16.7. The molecule has 3 aromatic rings. The van der Waals surface area contributed by atoms with Crippen molar-refractivity contribution in [2.45, 2.75) is 73.8 Å². The smallest absolute Gasteiger partial charge is 0.319 e. The van der Waals surface area contributed by atoms with Gasteiger partial charge >= 0.3 is 6.01 Å². The maximum Gasteiger partial charge on any atom is 0.319 e. The molecule has 2 heterocycles. The van der Waals surface area contributed by atoms with E-state index in [9.17, 15) is 5.11 Å². The molecule has 0 atom stereocenters. The number of benzene rings is 1. The molecular weight excluding hydrogens is 440 g/mol. The fraction of sp³-hybridized carbons (Fsp3) is 0.519. The summed E-state index contributed by atoms with van der Waals surface area (Å²) in [4.78, 5) is 14.7. The van der Waals surface area contributed by atoms with Gasteiger partial charge in [0.2, 0.25) is 0 Å². The zero-order chi connectivity index (χ0) is 26.0. The Hall–Kier alpha value is -3.13. The maximum atomic E-state index is 10.0. The number of rotatable bonds is 11. The van der Waals surface area contributed by atoms with Crippen molar-refractivity contribution >= 4 is 28.6 Å². The Kier molecular flexibility index (Phi) is 10.5. The monoisotopic (exact) mass is 482 g/mol. The fourth-order valence-corrected chi connectivity index (χ4v) is 3.55. The second-order valence-corrected chi connectivity index (χ2v) is 9.03. The first kappa shape index (κ1) is 28.1. The lowest BCUT2D eigenvalue weighted by atomic mass is 10.1. The van der Waals surface area contributed by atoms with E-state index in [1.165, 1.54) is 16.6 Å². The third-order valence-electron chi connectivity index (χ3n) is 5.28. The number of hydrogen-bond acceptors (Lipinski definition) is 7. The number of H-pyrrole nitrogens is 1. The van der Waals surface area contributed by atoms with Gasteiger partial charge in [-0.1, -0.05) is 27.7 Å². The number of aromatic amines is 1. The van der Waals surface area contributed by atoms with E-state index in [4.69, 9.17) is 4.74 Å². The fourth-order valence-electron chi connectivity index (χ4n) is 3.55. The van der Waals surface area contributed by atoms with E-state index in [2.05, 4.69) is 64.1 Å². The van der Waals surface area contributed by atoms with E-state index in [1.807, 2.05) is 32.0 Å². The van der Waals surface area contributed by atoms with E-state index in [0.29, 0.717) is 5.69 Å². The van der Waals surface area contributed by atoms with Crippen molar-refractivity contribution in [3.63, 3.8) is 0 Å². The van der Waals surface area contributed by atoms with Crippen LogP contribution in [0.5, 0.6) is 6.01 Å². The molecule has 0 saturated heterocycles. The van der Waals surface area contributed by atoms with Gasteiger partial charge in [-0.3, -0.25) is 5.43 Å². The van der Waals surface area contributed by atoms with Gasteiger partial charge in [-0.05, 0) is 64.3 Å². The van der Waals surface area contributed by atoms with E-state index in [1.54, 1.807) is 20.1 Å². The van der Waals surface area contributed by atoms with Gasteiger partial charge in [-0.15, -0.1) is 0 Å². The Labute approximate surface area is 209 Å². The molecule has 0 amide bonds. The number of nitrogens with zero attached hydrogens (tertiary/aromatic N) is 4. The van der Waals surface area contributed by atoms with Crippen molar-refractivity contribution in [1.29, 1.82) is 0 Å². The van der Waals surface area contributed by atoms with E-state index < -0.39 is 5.60 Å². The third-order valence-corrected chi connectivity index (χ3v) is 5.28. The molecule has 0 fully saturated rings. The molecule has 0 unspecified atom stereocenters. The average molecular weight is 483 g/mol. The van der Waals surface area contributed by atoms with E-state index in [-0.39, 0.29) is 12.6 Å². The van der Waals surface area contributed by atoms with Crippen LogP contribution in [0.3, 0.4) is 0 Å². The van der Waals surface area contributed by atoms with Gasteiger partial charge in [-0.25, -0.2) is 0 Å². The van der Waals surface area contributed by atoms with Gasteiger partial charge in [0, 0.05) is 35.8 Å². The molecule has 0 spiro atoms. The highest BCUT2D eigenvalue weighted by Crippen LogP contribution is 2.24. The van der Waals surface area contributed by atoms with Gasteiger partial charge in [-0.2, -0.15) is 15.1 Å². The Bertz CT molecular complexity index is 1090. The van der Waals surface area contributed by atoms with Crippen LogP contribution >= 0.6 is 0 Å². The predicted octanol–water partition coefficient (Wildman–Crippen LogP) is 5.82. The molecule has 0 bridgehead atoms. The van der Waals surface area contributed by atoms with Crippen molar-refractivity contribution in [1.82, 2.24) is 15.0 Å². The Morgan fingerprint density at radius 3 is 2.43 bits per heavy atom. The van der Waals surface area contributed by atoms with Crippen molar-refractivity contribution in [2.75, 3.05) is 30.0 Å². The Balaban J connectivity index is 0.00000210. The van der Waals surface area contributed by atoms with Crippen LogP contribution < -0.4 is 15.1 Å². The Morgan fingerprint density at radius 2 is 1.80 bits per heavy atom. The molecule has 0 aliphatic rings. The number of hydrogen-bond donors (Lipinski definition) is 3. The molecule has 0 aliphatic carbocycles. The molecule has 8 nitrogen and oxygen atoms in total. The zero-order valence-corrected chi connectivity index (χ0v) is 22.6. The summed E-state index contributed by atoms with van der Waals surface area (Å²) in [6.07, 6.45) is 3.68. The van der Waals surface area contributed by atoms with Crippen LogP contribution in [0.25, 0.3) is 10.9 Å². The minimum Gasteiger partial charge on any atom is -0.460 e. The SMILES string of the molecule is CC.CCCN(CCC)c1cc(/C=N/Nc2ccc3[nH]c(C)c(C)c3c2)nc(OCC(C)(C)O)n1. The predicted molar refractivity (Wildman–Crippen MR) is 147 cm³/mol. The molecule has 0 saturated carbocycles. The summed E-state index contributed by atoms with van der Waals surface area (Å²) in [6, 6.07) is 8.26. The largest absolute Gasteiger partial charge is 0.460 e. The molecule has 0 radical (unpaired) electrons. The number of aryl methyl sites for hydroxylation is 2. The number of aliphatic hydroxyl groups is 1. The van der Waals surface area contributed by atoms with E-state index in [0.717, 1.165) is 43.0 Å². The molecule has 8 heteroatoms. The number of fused-ring (bicyclic) bond motifs is 1. The van der Waals surface area contributed by atoms with Gasteiger partial charge in [0.25, 0.3) is 0 Å². The zero-order valence-electron chi connectivity index (χ0n) is 22.6. The topological polar surface area (TPSA) is 98.7 Å². The molecule has 192 valence electrons. The average Bonchev–Trinajstić information content (AvgIpc) is 3.11. The highest BCUT2D eigenvalue weighted by atomic mass is 16.5. The number of ether oxygens (including phenoxy) is 1. The summed E-state index contributed by atoms with van der Waals surface area (Å²) in [5.74, 6) is 0.792. The molecule has 0 aliphatic heterocycles. The van der Waals surface area contributed by atoms with Crippen LogP contribution in [-0.2, 0) is 0 Å². The lowest BCUT2D eigenvalue weighted by Gasteiger charge is -2.23. The summed E-state index contributed by atoms with van der Waals surface area (Å²) in [5, 5.41) is 15.6. The summed E-state index contributed by atoms with van der Waals surface area (Å²) >= 11 is 0. The second kappa shape index (κ2) is 13.1. The Morgan fingerprint density at radius 1 is 1.11 bits per heavy atom. The van der Waals surface area contributed by atoms with Crippen LogP contribution in [0.15, 0.2) is 29.4 Å². The van der Waals surface area contributed by atoms with Gasteiger partial charge in [0.05, 0.1) is 23.2 Å². The van der Waals surface area contributed by atoms with Crippen molar-refractivity contribution in [3.8, 4) is 6.01 Å². The first-order valence-electron chi connectivity index (χ1n) is 12.6. The molecule has 2 aromatic heterocycles. The van der Waals surface area contributed by atoms with Crippen LogP contribution in [0, 0.1) is 13.8 Å². The van der Waals surface area contributed by atoms with Crippen molar-refractivity contribution in [2.24, 2.45) is 5.10 Å². The normalized spacial score (nSPS) is 11.5. The highest BCUT2D eigenvalue weighted by Gasteiger charge is 2.16. The minimum atomic E-state index is -0.977. The second-order valence-electron chi connectivity index (χ2n) is 9.03. The maximum absolute atomic E-state index is 10.0. The number of nitrogens with one attached hydrogen (secondary N) is 2. The highest BCUT2D eigenvalue weighted by molar-refractivity contribution is 5.87. The van der Waals surface area contributed by atoms with E-state index >= 15 is 0 Å². The van der Waals surface area contributed by atoms with Crippen molar-refractivity contribution in [3.05, 3.63) is 41.2 Å². The van der Waals surface area contributed by atoms with Crippen LogP contribution in [0.1, 0.15) is 71.3 Å². The summed E-state index contributed by atoms with van der Waals surface area (Å²) in [5.41, 5.74) is 7.16. The number of aromatic nitrogens is 3. The van der Waals surface area contributed by atoms with Crippen LogP contribution in [0.2, 0.25) is 0 Å². The van der Waals surface area contributed by atoms with Crippen LogP contribution in [-0.4, -0.2) is 51.6 Å². The number of anilines is 2. The van der Waals surface area contributed by atoms with Crippen molar-refractivity contribution < 1.29 is 9.84 Å². The summed E-state index contributed by atoms with van der Waals surface area (Å²) < 4.78 is 5.70. The van der Waals surface area contributed by atoms with Gasteiger partial charge < -0.3 is 19.7 Å². The molecule has 1 aromatic carbocycles. The molecule has 35 heavy (non-hydrogen) atoms. The lowest BCUT2D eigenvalue weighted by molar-refractivity contribution is 0.0250. The molecule has 3 rings (SSSR count). The van der Waals surface area contributed by atoms with Gasteiger partial charge in [0.1, 0.15) is 12.4 Å². The number of hydrazone groups is 1.